The number of hydrogen-bond acceptors (Lipinski definition) is 4. The molecule has 1 saturated heterocycles. The third-order valence-corrected chi connectivity index (χ3v) is 5.36. The molecule has 2 heterocycles. The maximum atomic E-state index is 14.6. The van der Waals surface area contributed by atoms with Crippen molar-refractivity contribution in [3.63, 3.8) is 0 Å². The Morgan fingerprint density at radius 1 is 1.25 bits per heavy atom. The van der Waals surface area contributed by atoms with Crippen molar-refractivity contribution in [3.8, 4) is 5.75 Å². The van der Waals surface area contributed by atoms with E-state index in [0.717, 1.165) is 18.4 Å². The minimum atomic E-state index is -0.244. The van der Waals surface area contributed by atoms with Gasteiger partial charge in [-0.25, -0.2) is 9.37 Å². The van der Waals surface area contributed by atoms with Gasteiger partial charge in [0.2, 0.25) is 0 Å². The van der Waals surface area contributed by atoms with Crippen molar-refractivity contribution in [1.29, 1.82) is 0 Å². The van der Waals surface area contributed by atoms with E-state index < -0.39 is 0 Å². The standard InChI is InChI=1S/C22H23FN2O3/c1-14-9-18(27-2)12-16(21(14)23)10-15-3-4-20-19(11-15)22(26)25(13-24-20)17-5-7-28-8-6-17/h3-4,9,11-13,17H,5-8,10H2,1-2H3. The van der Waals surface area contributed by atoms with Crippen molar-refractivity contribution in [1.82, 2.24) is 9.55 Å². The van der Waals surface area contributed by atoms with Gasteiger partial charge >= 0.3 is 0 Å². The Balaban J connectivity index is 1.72. The Hall–Kier alpha value is -2.73. The average Bonchev–Trinajstić information content (AvgIpc) is 2.72. The number of benzene rings is 2. The highest BCUT2D eigenvalue weighted by molar-refractivity contribution is 5.78. The number of aromatic nitrogens is 2. The van der Waals surface area contributed by atoms with E-state index >= 15 is 0 Å². The van der Waals surface area contributed by atoms with Gasteiger partial charge in [-0.05, 0) is 60.7 Å². The Morgan fingerprint density at radius 3 is 2.79 bits per heavy atom. The fourth-order valence-electron chi connectivity index (χ4n) is 3.79. The van der Waals surface area contributed by atoms with Crippen molar-refractivity contribution in [2.24, 2.45) is 0 Å². The lowest BCUT2D eigenvalue weighted by molar-refractivity contribution is 0.0685. The van der Waals surface area contributed by atoms with Crippen LogP contribution in [0.2, 0.25) is 0 Å². The van der Waals surface area contributed by atoms with Crippen LogP contribution in [0.1, 0.15) is 35.6 Å². The zero-order chi connectivity index (χ0) is 19.7. The summed E-state index contributed by atoms with van der Waals surface area (Å²) in [7, 11) is 1.57. The van der Waals surface area contributed by atoms with E-state index in [1.165, 1.54) is 0 Å². The first-order chi connectivity index (χ1) is 13.6. The van der Waals surface area contributed by atoms with Crippen molar-refractivity contribution < 1.29 is 13.9 Å². The molecule has 0 unspecified atom stereocenters. The Labute approximate surface area is 162 Å². The summed E-state index contributed by atoms with van der Waals surface area (Å²) in [6, 6.07) is 9.04. The van der Waals surface area contributed by atoms with Crippen molar-refractivity contribution in [3.05, 3.63) is 69.5 Å². The summed E-state index contributed by atoms with van der Waals surface area (Å²) in [5.74, 6) is 0.380. The van der Waals surface area contributed by atoms with Crippen molar-refractivity contribution >= 4 is 10.9 Å². The van der Waals surface area contributed by atoms with E-state index in [4.69, 9.17) is 9.47 Å². The topological polar surface area (TPSA) is 53.4 Å². The molecule has 4 rings (SSSR count). The SMILES string of the molecule is COc1cc(C)c(F)c(Cc2ccc3ncn(C4CCOCC4)c(=O)c3c2)c1. The second kappa shape index (κ2) is 7.72. The molecule has 3 aromatic rings. The predicted octanol–water partition coefficient (Wildman–Crippen LogP) is 3.79. The molecule has 1 aliphatic rings. The monoisotopic (exact) mass is 382 g/mol. The van der Waals surface area contributed by atoms with Crippen LogP contribution in [-0.4, -0.2) is 29.9 Å². The summed E-state index contributed by atoms with van der Waals surface area (Å²) < 4.78 is 26.9. The lowest BCUT2D eigenvalue weighted by Crippen LogP contribution is -2.29. The molecule has 2 aromatic carbocycles. The minimum absolute atomic E-state index is 0.0546. The summed E-state index contributed by atoms with van der Waals surface area (Å²) in [6.07, 6.45) is 3.62. The first kappa shape index (κ1) is 18.6. The molecule has 28 heavy (non-hydrogen) atoms. The maximum Gasteiger partial charge on any atom is 0.261 e. The largest absolute Gasteiger partial charge is 0.497 e. The van der Waals surface area contributed by atoms with E-state index in [9.17, 15) is 9.18 Å². The molecule has 6 heteroatoms. The number of rotatable bonds is 4. The fourth-order valence-corrected chi connectivity index (χ4v) is 3.79. The van der Waals surface area contributed by atoms with Gasteiger partial charge in [-0.15, -0.1) is 0 Å². The van der Waals surface area contributed by atoms with E-state index in [2.05, 4.69) is 4.98 Å². The summed E-state index contributed by atoms with van der Waals surface area (Å²) in [4.78, 5) is 17.5. The van der Waals surface area contributed by atoms with Gasteiger partial charge in [0.1, 0.15) is 11.6 Å². The van der Waals surface area contributed by atoms with E-state index in [0.29, 0.717) is 47.4 Å². The van der Waals surface area contributed by atoms with Crippen LogP contribution >= 0.6 is 0 Å². The molecular weight excluding hydrogens is 359 g/mol. The van der Waals surface area contributed by atoms with Crippen LogP contribution in [0.3, 0.4) is 0 Å². The zero-order valence-corrected chi connectivity index (χ0v) is 16.1. The lowest BCUT2D eigenvalue weighted by Gasteiger charge is -2.24. The Bertz CT molecular complexity index is 1070. The van der Waals surface area contributed by atoms with Crippen LogP contribution in [0.5, 0.6) is 5.75 Å². The molecule has 0 aliphatic carbocycles. The number of ether oxygens (including phenoxy) is 2. The molecule has 1 fully saturated rings. The van der Waals surface area contributed by atoms with Crippen LogP contribution in [-0.2, 0) is 11.2 Å². The van der Waals surface area contributed by atoms with E-state index in [1.54, 1.807) is 37.1 Å². The minimum Gasteiger partial charge on any atom is -0.497 e. The average molecular weight is 382 g/mol. The van der Waals surface area contributed by atoms with Gasteiger partial charge in [-0.1, -0.05) is 6.07 Å². The van der Waals surface area contributed by atoms with Crippen LogP contribution < -0.4 is 10.3 Å². The van der Waals surface area contributed by atoms with Gasteiger partial charge < -0.3 is 9.47 Å². The predicted molar refractivity (Wildman–Crippen MR) is 106 cm³/mol. The number of halogens is 1. The molecule has 0 saturated carbocycles. The lowest BCUT2D eigenvalue weighted by atomic mass is 10.0. The first-order valence-electron chi connectivity index (χ1n) is 9.47. The molecule has 1 aromatic heterocycles. The summed E-state index contributed by atoms with van der Waals surface area (Å²) >= 11 is 0. The summed E-state index contributed by atoms with van der Waals surface area (Å²) in [5.41, 5.74) is 2.55. The molecule has 0 amide bonds. The second-order valence-electron chi connectivity index (χ2n) is 7.25. The quantitative estimate of drug-likeness (QED) is 0.689. The number of nitrogens with zero attached hydrogens (tertiary/aromatic N) is 2. The highest BCUT2D eigenvalue weighted by atomic mass is 19.1. The molecule has 1 aliphatic heterocycles. The van der Waals surface area contributed by atoms with Crippen LogP contribution in [0.25, 0.3) is 10.9 Å². The molecule has 146 valence electrons. The van der Waals surface area contributed by atoms with E-state index in [-0.39, 0.29) is 17.4 Å². The van der Waals surface area contributed by atoms with Gasteiger partial charge in [-0.3, -0.25) is 9.36 Å². The van der Waals surface area contributed by atoms with Crippen LogP contribution in [0, 0.1) is 12.7 Å². The highest BCUT2D eigenvalue weighted by Crippen LogP contribution is 2.24. The number of hydrogen-bond donors (Lipinski definition) is 0. The van der Waals surface area contributed by atoms with Crippen molar-refractivity contribution in [2.75, 3.05) is 20.3 Å². The smallest absolute Gasteiger partial charge is 0.261 e. The molecular formula is C22H23FN2O3. The number of fused-ring (bicyclic) bond motifs is 1. The van der Waals surface area contributed by atoms with Gasteiger partial charge in [0.15, 0.2) is 0 Å². The van der Waals surface area contributed by atoms with Crippen LogP contribution in [0.4, 0.5) is 4.39 Å². The van der Waals surface area contributed by atoms with E-state index in [1.807, 2.05) is 18.2 Å². The zero-order valence-electron chi connectivity index (χ0n) is 16.1. The normalized spacial score (nSPS) is 15.1. The third-order valence-electron chi connectivity index (χ3n) is 5.36. The maximum absolute atomic E-state index is 14.6. The van der Waals surface area contributed by atoms with Gasteiger partial charge in [0.05, 0.1) is 24.3 Å². The molecule has 5 nitrogen and oxygen atoms in total. The highest BCUT2D eigenvalue weighted by Gasteiger charge is 2.18. The third kappa shape index (κ3) is 3.52. The summed E-state index contributed by atoms with van der Waals surface area (Å²) in [6.45, 7) is 3.03. The van der Waals surface area contributed by atoms with Gasteiger partial charge in [0.25, 0.3) is 5.56 Å². The van der Waals surface area contributed by atoms with Crippen LogP contribution in [0.15, 0.2) is 41.5 Å². The molecule has 0 atom stereocenters. The summed E-state index contributed by atoms with van der Waals surface area (Å²) in [5, 5.41) is 0.562. The first-order valence-corrected chi connectivity index (χ1v) is 9.47. The molecule has 0 radical (unpaired) electrons. The fraction of sp³-hybridized carbons (Fsp3) is 0.364. The molecule has 0 spiro atoms. The van der Waals surface area contributed by atoms with Gasteiger partial charge in [0, 0.05) is 25.7 Å². The molecule has 0 bridgehead atoms. The molecule has 0 N–H and O–H groups in total. The van der Waals surface area contributed by atoms with Crippen molar-refractivity contribution in [2.45, 2.75) is 32.2 Å². The number of methoxy groups -OCH3 is 1. The van der Waals surface area contributed by atoms with Gasteiger partial charge in [-0.2, -0.15) is 0 Å². The Morgan fingerprint density at radius 2 is 2.04 bits per heavy atom. The second-order valence-corrected chi connectivity index (χ2v) is 7.25. The Kier molecular flexibility index (Phi) is 5.13. The number of aryl methyl sites for hydroxylation is 1.